The molecule has 0 aromatic heterocycles. The molecule has 0 atom stereocenters. The van der Waals surface area contributed by atoms with E-state index in [9.17, 15) is 0 Å². The van der Waals surface area contributed by atoms with Crippen LogP contribution in [0.2, 0.25) is 0 Å². The van der Waals surface area contributed by atoms with E-state index in [1.165, 1.54) is 0 Å². The van der Waals surface area contributed by atoms with Gasteiger partial charge in [0.1, 0.15) is 0 Å². The van der Waals surface area contributed by atoms with E-state index in [4.69, 9.17) is 0 Å². The van der Waals surface area contributed by atoms with Gasteiger partial charge in [-0.3, -0.25) is 0 Å². The minimum absolute atomic E-state index is 1.03. The van der Waals surface area contributed by atoms with Crippen molar-refractivity contribution in [2.75, 3.05) is 0 Å². The van der Waals surface area contributed by atoms with Crippen LogP contribution in [-0.4, -0.2) is 0 Å². The Morgan fingerprint density at radius 1 is 0.429 bits per heavy atom. The first kappa shape index (κ1) is 10.8. The summed E-state index contributed by atoms with van der Waals surface area (Å²) in [5, 5.41) is 0. The molecule has 0 bridgehead atoms. The third-order valence-corrected chi connectivity index (χ3v) is 1.98. The Kier molecular flexibility index (Phi) is 6.39. The lowest BCUT2D eigenvalue weighted by Gasteiger charge is -1.87. The summed E-state index contributed by atoms with van der Waals surface area (Å²) in [5.74, 6) is 0. The van der Waals surface area contributed by atoms with Crippen LogP contribution in [0, 0.1) is 0 Å². The average Bonchev–Trinajstić information content (AvgIpc) is 2.22. The van der Waals surface area contributed by atoms with E-state index in [0.717, 1.165) is 25.7 Å². The second-order valence-electron chi connectivity index (χ2n) is 3.23. The number of hydrogen-bond acceptors (Lipinski definition) is 0. The first-order valence-electron chi connectivity index (χ1n) is 5.28. The zero-order valence-electron chi connectivity index (χ0n) is 8.60. The van der Waals surface area contributed by atoms with Gasteiger partial charge in [0.25, 0.3) is 0 Å². The van der Waals surface area contributed by atoms with E-state index < -0.39 is 0 Å². The van der Waals surface area contributed by atoms with Crippen LogP contribution in [0.4, 0.5) is 0 Å². The molecule has 0 aliphatic heterocycles. The van der Waals surface area contributed by atoms with E-state index in [2.05, 4.69) is 60.8 Å². The average molecular weight is 186 g/mol. The molecule has 1 aliphatic rings. The zero-order valence-corrected chi connectivity index (χ0v) is 8.60. The summed E-state index contributed by atoms with van der Waals surface area (Å²) in [4.78, 5) is 0. The van der Waals surface area contributed by atoms with Crippen molar-refractivity contribution in [1.82, 2.24) is 0 Å². The fourth-order valence-electron chi connectivity index (χ4n) is 1.22. The highest BCUT2D eigenvalue weighted by Gasteiger charge is 1.77. The van der Waals surface area contributed by atoms with Gasteiger partial charge in [-0.2, -0.15) is 0 Å². The smallest absolute Gasteiger partial charge is 0.0166 e. The predicted octanol–water partition coefficient (Wildman–Crippen LogP) is 4.34. The number of hydrogen-bond donors (Lipinski definition) is 0. The van der Waals surface area contributed by atoms with Crippen LogP contribution >= 0.6 is 0 Å². The van der Waals surface area contributed by atoms with Crippen LogP contribution in [0.15, 0.2) is 60.8 Å². The molecular weight excluding hydrogens is 168 g/mol. The second kappa shape index (κ2) is 8.31. The first-order valence-corrected chi connectivity index (χ1v) is 5.28. The van der Waals surface area contributed by atoms with Gasteiger partial charge >= 0.3 is 0 Å². The van der Waals surface area contributed by atoms with Gasteiger partial charge in [0.2, 0.25) is 0 Å². The van der Waals surface area contributed by atoms with Gasteiger partial charge < -0.3 is 0 Å². The Labute approximate surface area is 87.0 Å². The quantitative estimate of drug-likeness (QED) is 0.494. The second-order valence-corrected chi connectivity index (χ2v) is 3.23. The molecule has 0 radical (unpaired) electrons. The van der Waals surface area contributed by atoms with Crippen LogP contribution in [0.25, 0.3) is 0 Å². The molecule has 1 rings (SSSR count). The van der Waals surface area contributed by atoms with E-state index in [0.29, 0.717) is 0 Å². The van der Waals surface area contributed by atoms with E-state index in [1.54, 1.807) is 0 Å². The van der Waals surface area contributed by atoms with Gasteiger partial charge in [0, 0.05) is 0 Å². The monoisotopic (exact) mass is 186 g/mol. The molecule has 0 saturated carbocycles. The van der Waals surface area contributed by atoms with Gasteiger partial charge in [-0.15, -0.1) is 0 Å². The molecule has 0 N–H and O–H groups in total. The summed E-state index contributed by atoms with van der Waals surface area (Å²) in [6.07, 6.45) is 26.0. The van der Waals surface area contributed by atoms with Crippen molar-refractivity contribution in [3.8, 4) is 0 Å². The molecular formula is C14H18. The van der Waals surface area contributed by atoms with E-state index >= 15 is 0 Å². The van der Waals surface area contributed by atoms with Crippen LogP contribution in [0.3, 0.4) is 0 Å². The Morgan fingerprint density at radius 2 is 1.00 bits per heavy atom. The summed E-state index contributed by atoms with van der Waals surface area (Å²) >= 11 is 0. The molecule has 0 unspecified atom stereocenters. The topological polar surface area (TPSA) is 0 Å². The summed E-state index contributed by atoms with van der Waals surface area (Å²) < 4.78 is 0. The molecule has 1 aliphatic carbocycles. The molecule has 0 amide bonds. The van der Waals surface area contributed by atoms with Crippen molar-refractivity contribution in [1.29, 1.82) is 0 Å². The van der Waals surface area contributed by atoms with Crippen LogP contribution < -0.4 is 0 Å². The Balaban J connectivity index is 2.45. The van der Waals surface area contributed by atoms with Gasteiger partial charge in [0.05, 0.1) is 0 Å². The van der Waals surface area contributed by atoms with Crippen LogP contribution in [0.5, 0.6) is 0 Å². The molecule has 0 heterocycles. The number of allylic oxidation sites excluding steroid dienone is 10. The minimum Gasteiger partial charge on any atom is -0.0879 e. The summed E-state index contributed by atoms with van der Waals surface area (Å²) in [6, 6.07) is 0. The molecule has 0 aromatic carbocycles. The highest BCUT2D eigenvalue weighted by Crippen LogP contribution is 1.97. The lowest BCUT2D eigenvalue weighted by Crippen LogP contribution is -1.66. The Hall–Kier alpha value is -1.30. The number of rotatable bonds is 0. The van der Waals surface area contributed by atoms with Crippen molar-refractivity contribution in [3.63, 3.8) is 0 Å². The predicted molar refractivity (Wildman–Crippen MR) is 64.2 cm³/mol. The Morgan fingerprint density at radius 3 is 1.86 bits per heavy atom. The fourth-order valence-corrected chi connectivity index (χ4v) is 1.22. The van der Waals surface area contributed by atoms with Crippen LogP contribution in [-0.2, 0) is 0 Å². The van der Waals surface area contributed by atoms with Crippen molar-refractivity contribution >= 4 is 0 Å². The van der Waals surface area contributed by atoms with E-state index in [-0.39, 0.29) is 0 Å². The third kappa shape index (κ3) is 6.24. The molecule has 0 heteroatoms. The minimum atomic E-state index is 1.03. The van der Waals surface area contributed by atoms with Gasteiger partial charge in [-0.05, 0) is 25.7 Å². The van der Waals surface area contributed by atoms with Gasteiger partial charge in [-0.1, -0.05) is 60.8 Å². The maximum absolute atomic E-state index is 2.25. The van der Waals surface area contributed by atoms with Crippen molar-refractivity contribution in [3.05, 3.63) is 60.8 Å². The maximum Gasteiger partial charge on any atom is -0.0166 e. The summed E-state index contributed by atoms with van der Waals surface area (Å²) in [7, 11) is 0. The largest absolute Gasteiger partial charge is 0.0879 e. The van der Waals surface area contributed by atoms with Gasteiger partial charge in [-0.25, -0.2) is 0 Å². The van der Waals surface area contributed by atoms with Crippen LogP contribution in [0.1, 0.15) is 25.7 Å². The zero-order chi connectivity index (χ0) is 9.90. The van der Waals surface area contributed by atoms with E-state index in [1.807, 2.05) is 0 Å². The summed E-state index contributed by atoms with van der Waals surface area (Å²) in [6.45, 7) is 0. The molecule has 0 saturated heterocycles. The highest BCUT2D eigenvalue weighted by atomic mass is 13.8. The van der Waals surface area contributed by atoms with Gasteiger partial charge in [0.15, 0.2) is 0 Å². The van der Waals surface area contributed by atoms with Crippen molar-refractivity contribution in [2.24, 2.45) is 0 Å². The SMILES string of the molecule is C1=C\C=C\CC/C=C/C/C=C/C/C=C/1. The molecule has 14 heavy (non-hydrogen) atoms. The molecule has 0 fully saturated rings. The lowest BCUT2D eigenvalue weighted by atomic mass is 10.2. The van der Waals surface area contributed by atoms with Crippen molar-refractivity contribution < 1.29 is 0 Å². The molecule has 0 nitrogen and oxygen atoms in total. The third-order valence-electron chi connectivity index (χ3n) is 1.98. The lowest BCUT2D eigenvalue weighted by molar-refractivity contribution is 1.04. The molecule has 74 valence electrons. The first-order chi connectivity index (χ1) is 7.00. The normalized spacial score (nSPS) is 29.7. The molecule has 0 spiro atoms. The summed E-state index contributed by atoms with van der Waals surface area (Å²) in [5.41, 5.74) is 0. The fraction of sp³-hybridized carbons (Fsp3) is 0.286. The molecule has 0 aromatic rings. The highest BCUT2D eigenvalue weighted by molar-refractivity contribution is 5.12. The Bertz CT molecular complexity index is 262. The maximum atomic E-state index is 2.25. The standard InChI is InChI=1S/C14H18/c1-2-4-6-8-10-12-14-13-11-9-7-5-3-1/h1-6,9,11-12,14H,7-8,10,13H2/b2-1-,5-3+,6-4+,11-9+,14-12+. The van der Waals surface area contributed by atoms with Crippen molar-refractivity contribution in [2.45, 2.75) is 25.7 Å².